The van der Waals surface area contributed by atoms with Crippen LogP contribution in [0, 0.1) is 6.20 Å². The van der Waals surface area contributed by atoms with E-state index in [2.05, 4.69) is 16.2 Å². The fraction of sp³-hybridized carbons (Fsp3) is 0. The largest absolute Gasteiger partial charge is 2.00 e. The third-order valence-electron chi connectivity index (χ3n) is 0.487. The molecule has 1 heterocycles. The molecule has 0 saturated heterocycles. The summed E-state index contributed by atoms with van der Waals surface area (Å²) in [6, 6.07) is 1.59. The molecule has 36 valence electrons. The summed E-state index contributed by atoms with van der Waals surface area (Å²) in [5.74, 6) is 0. The van der Waals surface area contributed by atoms with Gasteiger partial charge in [0.2, 0.25) is 0 Å². The number of nitrogens with zero attached hydrogens (tertiary/aromatic N) is 2. The maximum absolute atomic E-state index is 5.29. The van der Waals surface area contributed by atoms with Gasteiger partial charge in [-0.2, -0.15) is 0 Å². The summed E-state index contributed by atoms with van der Waals surface area (Å²) in [6.07, 6.45) is 4.05. The van der Waals surface area contributed by atoms with Crippen LogP contribution in [0.2, 0.25) is 5.28 Å². The molecule has 0 fully saturated rings. The standard InChI is InChI=1S/C4H2ClN2.Zn/c5-4-6-2-1-3-7-4;/h1-2H;/q-1;+2. The van der Waals surface area contributed by atoms with Gasteiger partial charge in [0.05, 0.1) is 0 Å². The predicted octanol–water partition coefficient (Wildman–Crippen LogP) is 0.928. The van der Waals surface area contributed by atoms with Crippen molar-refractivity contribution in [1.29, 1.82) is 0 Å². The molecule has 0 bridgehead atoms. The van der Waals surface area contributed by atoms with E-state index < -0.39 is 0 Å². The van der Waals surface area contributed by atoms with Gasteiger partial charge in [-0.25, -0.2) is 0 Å². The molecule has 2 nitrogen and oxygen atoms in total. The average Bonchev–Trinajstić information content (AvgIpc) is 1.69. The van der Waals surface area contributed by atoms with Crippen molar-refractivity contribution < 1.29 is 19.5 Å². The predicted molar refractivity (Wildman–Crippen MR) is 25.9 cm³/mol. The number of hydrogen-bond acceptors (Lipinski definition) is 2. The van der Waals surface area contributed by atoms with Gasteiger partial charge in [-0.3, -0.25) is 0 Å². The Morgan fingerprint density at radius 2 is 2.38 bits per heavy atom. The molecule has 0 radical (unpaired) electrons. The van der Waals surface area contributed by atoms with Crippen molar-refractivity contribution in [2.24, 2.45) is 0 Å². The van der Waals surface area contributed by atoms with Crippen molar-refractivity contribution in [2.45, 2.75) is 0 Å². The van der Waals surface area contributed by atoms with Gasteiger partial charge in [-0.15, -0.1) is 17.7 Å². The topological polar surface area (TPSA) is 25.8 Å². The molecular formula is C4H2ClN2Zn+. The number of rotatable bonds is 0. The van der Waals surface area contributed by atoms with Crippen LogP contribution < -0.4 is 0 Å². The van der Waals surface area contributed by atoms with Crippen molar-refractivity contribution >= 4 is 11.6 Å². The van der Waals surface area contributed by atoms with Crippen LogP contribution in [0.15, 0.2) is 12.3 Å². The first-order chi connectivity index (χ1) is 3.39. The minimum atomic E-state index is 0. The first-order valence-electron chi connectivity index (χ1n) is 1.74. The number of aromatic nitrogens is 2. The van der Waals surface area contributed by atoms with E-state index in [1.807, 2.05) is 0 Å². The van der Waals surface area contributed by atoms with E-state index in [-0.39, 0.29) is 24.8 Å². The molecule has 1 rings (SSSR count). The molecule has 8 heavy (non-hydrogen) atoms. The molecule has 0 N–H and O–H groups in total. The maximum atomic E-state index is 5.29. The second kappa shape index (κ2) is 3.93. The quantitative estimate of drug-likeness (QED) is 0.336. The molecule has 0 spiro atoms. The van der Waals surface area contributed by atoms with Crippen molar-refractivity contribution in [3.05, 3.63) is 23.7 Å². The van der Waals surface area contributed by atoms with E-state index >= 15 is 0 Å². The van der Waals surface area contributed by atoms with E-state index in [0.29, 0.717) is 0 Å². The molecule has 1 aromatic heterocycles. The molecule has 0 amide bonds. The Hall–Kier alpha value is -0.00662. The molecule has 0 atom stereocenters. The second-order valence-corrected chi connectivity index (χ2v) is 1.29. The number of halogens is 1. The summed E-state index contributed by atoms with van der Waals surface area (Å²) in [6.45, 7) is 0. The second-order valence-electron chi connectivity index (χ2n) is 0.955. The van der Waals surface area contributed by atoms with Crippen molar-refractivity contribution in [2.75, 3.05) is 0 Å². The van der Waals surface area contributed by atoms with Gasteiger partial charge in [0.15, 0.2) is 0 Å². The molecule has 1 aromatic rings. The molecule has 0 saturated carbocycles. The first-order valence-corrected chi connectivity index (χ1v) is 2.12. The summed E-state index contributed by atoms with van der Waals surface area (Å²) < 4.78 is 0. The van der Waals surface area contributed by atoms with E-state index in [0.717, 1.165) is 0 Å². The Labute approximate surface area is 65.1 Å². The van der Waals surface area contributed by atoms with Gasteiger partial charge in [-0.05, 0) is 0 Å². The fourth-order valence-electron chi connectivity index (χ4n) is 0.252. The third-order valence-corrected chi connectivity index (χ3v) is 0.669. The van der Waals surface area contributed by atoms with Crippen molar-refractivity contribution in [1.82, 2.24) is 9.97 Å². The molecule has 0 aromatic carbocycles. The maximum Gasteiger partial charge on any atom is 2.00 e. The molecule has 0 unspecified atom stereocenters. The molecule has 0 aliphatic carbocycles. The van der Waals surface area contributed by atoms with Gasteiger partial charge in [-0.1, -0.05) is 12.4 Å². The smallest absolute Gasteiger partial charge is 0.359 e. The van der Waals surface area contributed by atoms with Crippen molar-refractivity contribution in [3.63, 3.8) is 0 Å². The summed E-state index contributed by atoms with van der Waals surface area (Å²) in [4.78, 5) is 7.11. The van der Waals surface area contributed by atoms with Crippen LogP contribution in [0.3, 0.4) is 0 Å². The van der Waals surface area contributed by atoms with Crippen LogP contribution in [0.4, 0.5) is 0 Å². The summed E-state index contributed by atoms with van der Waals surface area (Å²) in [5.41, 5.74) is 0. The van der Waals surface area contributed by atoms with Gasteiger partial charge < -0.3 is 9.97 Å². The molecule has 0 aliphatic rings. The average molecular weight is 179 g/mol. The van der Waals surface area contributed by atoms with E-state index in [1.54, 1.807) is 6.07 Å². The van der Waals surface area contributed by atoms with Crippen molar-refractivity contribution in [3.8, 4) is 0 Å². The zero-order chi connectivity index (χ0) is 5.11. The minimum absolute atomic E-state index is 0. The van der Waals surface area contributed by atoms with E-state index in [9.17, 15) is 0 Å². The molecular weight excluding hydrogens is 177 g/mol. The SMILES string of the molecule is Clc1n[c-]ccn1.[Zn+2]. The van der Waals surface area contributed by atoms with Crippen LogP contribution >= 0.6 is 11.6 Å². The van der Waals surface area contributed by atoms with Gasteiger partial charge in [0.25, 0.3) is 0 Å². The fourth-order valence-corrected chi connectivity index (χ4v) is 0.357. The Bertz CT molecular complexity index is 144. The Balaban J connectivity index is 0.000000490. The summed E-state index contributed by atoms with van der Waals surface area (Å²) in [7, 11) is 0. The van der Waals surface area contributed by atoms with Gasteiger partial charge in [0.1, 0.15) is 5.28 Å². The number of hydrogen-bond donors (Lipinski definition) is 0. The zero-order valence-electron chi connectivity index (χ0n) is 4.13. The summed E-state index contributed by atoms with van der Waals surface area (Å²) >= 11 is 5.29. The third kappa shape index (κ3) is 2.34. The van der Waals surface area contributed by atoms with Gasteiger partial charge >= 0.3 is 19.5 Å². The Morgan fingerprint density at radius 3 is 2.62 bits per heavy atom. The van der Waals surface area contributed by atoms with Crippen LogP contribution in [-0.2, 0) is 19.5 Å². The van der Waals surface area contributed by atoms with Crippen LogP contribution in [0.1, 0.15) is 0 Å². The van der Waals surface area contributed by atoms with Crippen LogP contribution in [0.5, 0.6) is 0 Å². The van der Waals surface area contributed by atoms with Gasteiger partial charge in [0, 0.05) is 0 Å². The van der Waals surface area contributed by atoms with E-state index in [1.165, 1.54) is 6.20 Å². The van der Waals surface area contributed by atoms with Crippen LogP contribution in [-0.4, -0.2) is 9.97 Å². The monoisotopic (exact) mass is 177 g/mol. The Morgan fingerprint density at radius 1 is 1.62 bits per heavy atom. The minimum Gasteiger partial charge on any atom is -0.359 e. The first kappa shape index (κ1) is 7.99. The zero-order valence-corrected chi connectivity index (χ0v) is 7.86. The van der Waals surface area contributed by atoms with Crippen LogP contribution in [0.25, 0.3) is 0 Å². The molecule has 0 aliphatic heterocycles. The normalized spacial score (nSPS) is 7.62. The summed E-state index contributed by atoms with van der Waals surface area (Å²) in [5, 5.41) is 0.238. The molecule has 4 heteroatoms. The Kier molecular flexibility index (Phi) is 3.93. The van der Waals surface area contributed by atoms with E-state index in [4.69, 9.17) is 11.6 Å².